The van der Waals surface area contributed by atoms with Crippen LogP contribution in [0.3, 0.4) is 0 Å². The van der Waals surface area contributed by atoms with Crippen LogP contribution in [0, 0.1) is 11.2 Å². The van der Waals surface area contributed by atoms with Gasteiger partial charge in [-0.1, -0.05) is 12.1 Å². The first-order valence-corrected chi connectivity index (χ1v) is 7.27. The molecule has 3 heteroatoms. The molecule has 1 aromatic rings. The summed E-state index contributed by atoms with van der Waals surface area (Å²) in [7, 11) is 0. The third kappa shape index (κ3) is 2.98. The van der Waals surface area contributed by atoms with Gasteiger partial charge in [-0.3, -0.25) is 0 Å². The molecule has 2 fully saturated rings. The van der Waals surface area contributed by atoms with E-state index in [9.17, 15) is 4.39 Å². The molecule has 0 spiro atoms. The SMILES string of the molecule is CC1OCCC1(CNC1CC1)Cc1ccc(F)cc1. The third-order valence-electron chi connectivity index (χ3n) is 4.62. The number of rotatable bonds is 5. The molecule has 2 aliphatic rings. The summed E-state index contributed by atoms with van der Waals surface area (Å²) >= 11 is 0. The Morgan fingerprint density at radius 1 is 1.32 bits per heavy atom. The first kappa shape index (κ1) is 13.1. The number of benzene rings is 1. The van der Waals surface area contributed by atoms with Crippen molar-refractivity contribution < 1.29 is 9.13 Å². The largest absolute Gasteiger partial charge is 0.378 e. The van der Waals surface area contributed by atoms with E-state index >= 15 is 0 Å². The fraction of sp³-hybridized carbons (Fsp3) is 0.625. The zero-order valence-electron chi connectivity index (χ0n) is 11.5. The Bertz CT molecular complexity index is 429. The molecule has 2 nitrogen and oxygen atoms in total. The van der Waals surface area contributed by atoms with Gasteiger partial charge in [0.25, 0.3) is 0 Å². The van der Waals surface area contributed by atoms with Gasteiger partial charge in [-0.2, -0.15) is 0 Å². The molecule has 1 saturated carbocycles. The second kappa shape index (κ2) is 5.22. The molecule has 0 amide bonds. The maximum absolute atomic E-state index is 13.0. The fourth-order valence-corrected chi connectivity index (χ4v) is 2.99. The van der Waals surface area contributed by atoms with Crippen LogP contribution >= 0.6 is 0 Å². The summed E-state index contributed by atoms with van der Waals surface area (Å²) in [4.78, 5) is 0. The molecule has 1 saturated heterocycles. The number of ether oxygens (including phenoxy) is 1. The lowest BCUT2D eigenvalue weighted by atomic mass is 9.76. The van der Waals surface area contributed by atoms with Crippen LogP contribution in [0.1, 0.15) is 31.7 Å². The molecule has 1 aliphatic carbocycles. The van der Waals surface area contributed by atoms with Crippen molar-refractivity contribution in [1.29, 1.82) is 0 Å². The van der Waals surface area contributed by atoms with Crippen LogP contribution in [-0.4, -0.2) is 25.3 Å². The molecule has 0 radical (unpaired) electrons. The second-order valence-electron chi connectivity index (χ2n) is 6.08. The van der Waals surface area contributed by atoms with Crippen molar-refractivity contribution in [3.05, 3.63) is 35.6 Å². The van der Waals surface area contributed by atoms with E-state index in [4.69, 9.17) is 4.74 Å². The minimum Gasteiger partial charge on any atom is -0.378 e. The Kier molecular flexibility index (Phi) is 3.59. The second-order valence-corrected chi connectivity index (χ2v) is 6.08. The summed E-state index contributed by atoms with van der Waals surface area (Å²) in [6.07, 6.45) is 4.94. The lowest BCUT2D eigenvalue weighted by Gasteiger charge is -2.33. The molecule has 1 N–H and O–H groups in total. The van der Waals surface area contributed by atoms with Gasteiger partial charge in [0.1, 0.15) is 5.82 Å². The highest BCUT2D eigenvalue weighted by Crippen LogP contribution is 2.38. The average molecular weight is 263 g/mol. The summed E-state index contributed by atoms with van der Waals surface area (Å²) in [5, 5.41) is 3.65. The predicted octanol–water partition coefficient (Wildman–Crippen LogP) is 2.92. The Morgan fingerprint density at radius 3 is 2.63 bits per heavy atom. The quantitative estimate of drug-likeness (QED) is 0.882. The van der Waals surface area contributed by atoms with Crippen LogP contribution in [0.25, 0.3) is 0 Å². The standard InChI is InChI=1S/C16H22FNO/c1-12-16(8-9-19-12,11-18-15-6-7-15)10-13-2-4-14(17)5-3-13/h2-5,12,15,18H,6-11H2,1H3. The first-order chi connectivity index (χ1) is 9.18. The van der Waals surface area contributed by atoms with Crippen LogP contribution in [-0.2, 0) is 11.2 Å². The molecule has 1 heterocycles. The Balaban J connectivity index is 1.72. The van der Waals surface area contributed by atoms with Gasteiger partial charge in [0.2, 0.25) is 0 Å². The van der Waals surface area contributed by atoms with Crippen molar-refractivity contribution in [3.63, 3.8) is 0 Å². The zero-order chi connectivity index (χ0) is 13.3. The molecule has 104 valence electrons. The van der Waals surface area contributed by atoms with Crippen molar-refractivity contribution in [1.82, 2.24) is 5.32 Å². The minimum atomic E-state index is -0.162. The van der Waals surface area contributed by atoms with Crippen molar-refractivity contribution >= 4 is 0 Å². The topological polar surface area (TPSA) is 21.3 Å². The van der Waals surface area contributed by atoms with Gasteiger partial charge in [-0.05, 0) is 50.3 Å². The molecule has 1 aliphatic heterocycles. The van der Waals surface area contributed by atoms with E-state index in [1.807, 2.05) is 12.1 Å². The van der Waals surface area contributed by atoms with Crippen molar-refractivity contribution in [3.8, 4) is 0 Å². The molecule has 2 atom stereocenters. The molecule has 0 aromatic heterocycles. The van der Waals surface area contributed by atoms with Gasteiger partial charge < -0.3 is 10.1 Å². The Hall–Kier alpha value is -0.930. The van der Waals surface area contributed by atoms with Crippen LogP contribution in [0.15, 0.2) is 24.3 Å². The highest BCUT2D eigenvalue weighted by atomic mass is 19.1. The zero-order valence-corrected chi connectivity index (χ0v) is 11.5. The third-order valence-corrected chi connectivity index (χ3v) is 4.62. The molecule has 19 heavy (non-hydrogen) atoms. The minimum absolute atomic E-state index is 0.162. The maximum atomic E-state index is 13.0. The van der Waals surface area contributed by atoms with E-state index in [2.05, 4.69) is 12.2 Å². The van der Waals surface area contributed by atoms with E-state index in [1.165, 1.54) is 18.4 Å². The van der Waals surface area contributed by atoms with Gasteiger partial charge in [0.05, 0.1) is 6.10 Å². The maximum Gasteiger partial charge on any atom is 0.123 e. The van der Waals surface area contributed by atoms with Crippen molar-refractivity contribution in [2.24, 2.45) is 5.41 Å². The summed E-state index contributed by atoms with van der Waals surface area (Å²) in [6, 6.07) is 7.63. The van der Waals surface area contributed by atoms with Crippen molar-refractivity contribution in [2.45, 2.75) is 44.8 Å². The van der Waals surface area contributed by atoms with Crippen molar-refractivity contribution in [2.75, 3.05) is 13.2 Å². The van der Waals surface area contributed by atoms with Crippen LogP contribution in [0.5, 0.6) is 0 Å². The number of halogens is 1. The van der Waals surface area contributed by atoms with Gasteiger partial charge >= 0.3 is 0 Å². The predicted molar refractivity (Wildman–Crippen MR) is 73.6 cm³/mol. The fourth-order valence-electron chi connectivity index (χ4n) is 2.99. The molecule has 1 aromatic carbocycles. The summed E-state index contributed by atoms with van der Waals surface area (Å²) < 4.78 is 18.8. The molecule has 0 bridgehead atoms. The van der Waals surface area contributed by atoms with E-state index in [1.54, 1.807) is 12.1 Å². The lowest BCUT2D eigenvalue weighted by Crippen LogP contribution is -2.42. The van der Waals surface area contributed by atoms with E-state index < -0.39 is 0 Å². The highest BCUT2D eigenvalue weighted by molar-refractivity contribution is 5.19. The molecular formula is C16H22FNO. The average Bonchev–Trinajstić information content (AvgIpc) is 3.17. The lowest BCUT2D eigenvalue weighted by molar-refractivity contribution is 0.0628. The Morgan fingerprint density at radius 2 is 2.05 bits per heavy atom. The number of nitrogens with one attached hydrogen (secondary N) is 1. The van der Waals surface area contributed by atoms with Gasteiger partial charge in [0, 0.05) is 24.6 Å². The van der Waals surface area contributed by atoms with Gasteiger partial charge in [-0.15, -0.1) is 0 Å². The monoisotopic (exact) mass is 263 g/mol. The van der Waals surface area contributed by atoms with Crippen LogP contribution in [0.2, 0.25) is 0 Å². The van der Waals surface area contributed by atoms with E-state index in [0.717, 1.165) is 32.0 Å². The molecular weight excluding hydrogens is 241 g/mol. The molecule has 3 rings (SSSR count). The number of hydrogen-bond acceptors (Lipinski definition) is 2. The smallest absolute Gasteiger partial charge is 0.123 e. The van der Waals surface area contributed by atoms with E-state index in [0.29, 0.717) is 0 Å². The summed E-state index contributed by atoms with van der Waals surface area (Å²) in [5.41, 5.74) is 1.37. The number of hydrogen-bond donors (Lipinski definition) is 1. The van der Waals surface area contributed by atoms with Gasteiger partial charge in [0.15, 0.2) is 0 Å². The highest BCUT2D eigenvalue weighted by Gasteiger charge is 2.42. The Labute approximate surface area is 114 Å². The summed E-state index contributed by atoms with van der Waals surface area (Å²) in [6.45, 7) is 4.02. The normalized spacial score (nSPS) is 30.7. The van der Waals surface area contributed by atoms with Gasteiger partial charge in [-0.25, -0.2) is 4.39 Å². The molecule has 2 unspecified atom stereocenters. The summed E-state index contributed by atoms with van der Waals surface area (Å²) in [5.74, 6) is -0.162. The van der Waals surface area contributed by atoms with Crippen LogP contribution in [0.4, 0.5) is 4.39 Å². The van der Waals surface area contributed by atoms with E-state index in [-0.39, 0.29) is 17.3 Å². The first-order valence-electron chi connectivity index (χ1n) is 7.27. The van der Waals surface area contributed by atoms with Crippen LogP contribution < -0.4 is 5.32 Å².